The van der Waals surface area contributed by atoms with E-state index in [0.717, 1.165) is 0 Å². The van der Waals surface area contributed by atoms with Crippen LogP contribution in [0, 0.1) is 0 Å². The van der Waals surface area contributed by atoms with Crippen molar-refractivity contribution >= 4 is 21.5 Å². The molecule has 6 aromatic carbocycles. The van der Waals surface area contributed by atoms with Gasteiger partial charge in [-0.05, 0) is 0 Å². The average molecular weight is 797 g/mol. The number of unbranched alkanes of at least 4 members (excludes halogenated alkanes) is 2. The molecule has 0 aliphatic heterocycles. The molecule has 0 heterocycles. The largest absolute Gasteiger partial charge is 4.00 e. The van der Waals surface area contributed by atoms with Gasteiger partial charge in [-0.2, -0.15) is 70.4 Å². The summed E-state index contributed by atoms with van der Waals surface area (Å²) in [4.78, 5) is 0. The van der Waals surface area contributed by atoms with E-state index in [1.54, 1.807) is 0 Å². The molecule has 0 unspecified atom stereocenters. The number of rotatable bonds is 6. The zero-order valence-electron chi connectivity index (χ0n) is 24.5. The third-order valence-corrected chi connectivity index (χ3v) is 6.20. The predicted molar refractivity (Wildman–Crippen MR) is 160 cm³/mol. The molecule has 0 fully saturated rings. The molecule has 0 atom stereocenters. The molecule has 6 rings (SSSR count). The summed E-state index contributed by atoms with van der Waals surface area (Å²) in [6.07, 6.45) is 7.75. The van der Waals surface area contributed by atoms with E-state index in [-0.39, 0.29) is 102 Å². The minimum Gasteiger partial charge on any atom is -1.00 e. The van der Waals surface area contributed by atoms with Crippen LogP contribution in [0.15, 0.2) is 133 Å². The number of fused-ring (bicyclic) bond motifs is 2. The molecule has 0 aliphatic rings. The number of benzene rings is 2. The summed E-state index contributed by atoms with van der Waals surface area (Å²) in [5, 5.41) is 5.32. The van der Waals surface area contributed by atoms with Crippen LogP contribution in [0.2, 0.25) is 0 Å². The Morgan fingerprint density at radius 1 is 0.476 bits per heavy atom. The first-order valence-electron chi connectivity index (χ1n) is 13.4. The number of aryl methyl sites for hydroxylation is 2. The Morgan fingerprint density at radius 3 is 1.12 bits per heavy atom. The van der Waals surface area contributed by atoms with Crippen molar-refractivity contribution in [3.05, 3.63) is 145 Å². The molecule has 0 saturated heterocycles. The Balaban J connectivity index is -0.000000219. The fourth-order valence-corrected chi connectivity index (χ4v) is 4.06. The summed E-state index contributed by atoms with van der Waals surface area (Å²) < 4.78 is 0. The number of halogens is 4. The van der Waals surface area contributed by atoms with Gasteiger partial charge in [0.25, 0.3) is 0 Å². The Bertz CT molecular complexity index is 1150. The van der Waals surface area contributed by atoms with Crippen molar-refractivity contribution in [3.63, 3.8) is 0 Å². The summed E-state index contributed by atoms with van der Waals surface area (Å²) in [5.41, 5.74) is 2.97. The second-order valence-corrected chi connectivity index (χ2v) is 9.10. The monoisotopic (exact) mass is 792 g/mol. The zero-order valence-corrected chi connectivity index (χ0v) is 32.4. The number of hydrogen-bond donors (Lipinski definition) is 0. The third-order valence-electron chi connectivity index (χ3n) is 6.20. The SMILES string of the molecule is CCCC[c-]1cccc1.CCCC[c-]1cccc1.[Cl-].[Cl-].[Cl-].[Cl-].[Zr+4].[Zr+4].c1ccc2[cH-]ccc2c1.c1ccc2[cH-]ccc2c1. The predicted octanol–water partition coefficient (Wildman–Crippen LogP) is -1.38. The van der Waals surface area contributed by atoms with E-state index in [2.05, 4.69) is 147 Å². The van der Waals surface area contributed by atoms with Crippen LogP contribution in [0.25, 0.3) is 21.5 Å². The molecule has 220 valence electrons. The van der Waals surface area contributed by atoms with Crippen LogP contribution in [0.3, 0.4) is 0 Å². The van der Waals surface area contributed by atoms with Crippen LogP contribution in [0.4, 0.5) is 0 Å². The van der Waals surface area contributed by atoms with Crippen molar-refractivity contribution in [1.82, 2.24) is 0 Å². The number of hydrogen-bond acceptors (Lipinski definition) is 0. The third kappa shape index (κ3) is 18.8. The van der Waals surface area contributed by atoms with E-state index in [1.807, 2.05) is 0 Å². The van der Waals surface area contributed by atoms with Gasteiger partial charge in [0, 0.05) is 0 Å². The second-order valence-electron chi connectivity index (χ2n) is 9.10. The van der Waals surface area contributed by atoms with Gasteiger partial charge >= 0.3 is 52.4 Å². The summed E-state index contributed by atoms with van der Waals surface area (Å²) in [7, 11) is 0. The Hall–Kier alpha value is -0.714. The van der Waals surface area contributed by atoms with Gasteiger partial charge in [-0.15, -0.1) is 59.3 Å². The second kappa shape index (κ2) is 30.3. The Kier molecular flexibility index (Phi) is 34.8. The van der Waals surface area contributed by atoms with Crippen LogP contribution in [0.5, 0.6) is 0 Å². The van der Waals surface area contributed by atoms with Crippen LogP contribution in [-0.4, -0.2) is 0 Å². The van der Waals surface area contributed by atoms with E-state index in [9.17, 15) is 0 Å². The summed E-state index contributed by atoms with van der Waals surface area (Å²) in [6, 6.07) is 46.5. The maximum absolute atomic E-state index is 2.23. The van der Waals surface area contributed by atoms with Crippen LogP contribution in [-0.2, 0) is 65.2 Å². The molecule has 0 N–H and O–H groups in total. The first kappa shape index (κ1) is 48.2. The van der Waals surface area contributed by atoms with E-state index < -0.39 is 0 Å². The molecule has 6 heteroatoms. The normalized spacial score (nSPS) is 8.62. The molecule has 6 aromatic rings. The Morgan fingerprint density at radius 2 is 0.810 bits per heavy atom. The first-order valence-corrected chi connectivity index (χ1v) is 13.4. The molecule has 0 nitrogen and oxygen atoms in total. The minimum absolute atomic E-state index is 0. The molecule has 0 aromatic heterocycles. The van der Waals surface area contributed by atoms with Gasteiger partial charge in [0.2, 0.25) is 0 Å². The van der Waals surface area contributed by atoms with E-state index in [0.29, 0.717) is 0 Å². The maximum Gasteiger partial charge on any atom is 4.00 e. The standard InChI is InChI=1S/2C9H7.2C9H13.4ClH.2Zr/c2*1-2-5-9-7-3-6-8(9)4-1;2*1-2-3-6-9-7-4-5-8-9;;;;;;/h2*1-7H;2*4-5,7-8H,2-3,6H2,1H3;4*1H;;/q4*-1;;;;;2*+4/p-4. The molecule has 0 aliphatic carbocycles. The van der Waals surface area contributed by atoms with Gasteiger partial charge in [-0.1, -0.05) is 64.5 Å². The van der Waals surface area contributed by atoms with Crippen molar-refractivity contribution in [3.8, 4) is 0 Å². The molecular formula is C36H40Cl4Zr2. The summed E-state index contributed by atoms with van der Waals surface area (Å²) in [5.74, 6) is 0. The average Bonchev–Trinajstić information content (AvgIpc) is 3.75. The topological polar surface area (TPSA) is 0 Å². The summed E-state index contributed by atoms with van der Waals surface area (Å²) >= 11 is 0. The molecule has 0 radical (unpaired) electrons. The van der Waals surface area contributed by atoms with E-state index in [1.165, 1.54) is 71.2 Å². The quantitative estimate of drug-likeness (QED) is 0.183. The van der Waals surface area contributed by atoms with Crippen molar-refractivity contribution in [2.24, 2.45) is 0 Å². The Labute approximate surface area is 317 Å². The van der Waals surface area contributed by atoms with Gasteiger partial charge < -0.3 is 49.6 Å². The maximum atomic E-state index is 2.23. The van der Waals surface area contributed by atoms with Crippen molar-refractivity contribution in [1.29, 1.82) is 0 Å². The van der Waals surface area contributed by atoms with Gasteiger partial charge in [0.05, 0.1) is 0 Å². The molecular weight excluding hydrogens is 757 g/mol. The molecule has 0 bridgehead atoms. The van der Waals surface area contributed by atoms with E-state index >= 15 is 0 Å². The van der Waals surface area contributed by atoms with Crippen LogP contribution >= 0.6 is 0 Å². The fourth-order valence-electron chi connectivity index (χ4n) is 4.06. The van der Waals surface area contributed by atoms with Gasteiger partial charge in [0.15, 0.2) is 0 Å². The minimum atomic E-state index is 0. The van der Waals surface area contributed by atoms with Gasteiger partial charge in [-0.3, -0.25) is 0 Å². The van der Waals surface area contributed by atoms with Crippen molar-refractivity contribution in [2.75, 3.05) is 0 Å². The fraction of sp³-hybridized carbons (Fsp3) is 0.222. The first-order chi connectivity index (χ1) is 17.8. The smallest absolute Gasteiger partial charge is 1.00 e. The van der Waals surface area contributed by atoms with Crippen molar-refractivity contribution in [2.45, 2.75) is 52.4 Å². The van der Waals surface area contributed by atoms with Crippen LogP contribution < -0.4 is 49.6 Å². The summed E-state index contributed by atoms with van der Waals surface area (Å²) in [6.45, 7) is 4.45. The van der Waals surface area contributed by atoms with Crippen LogP contribution in [0.1, 0.15) is 50.7 Å². The molecule has 0 amide bonds. The molecule has 42 heavy (non-hydrogen) atoms. The molecule has 0 spiro atoms. The molecule has 0 saturated carbocycles. The van der Waals surface area contributed by atoms with Gasteiger partial charge in [-0.25, -0.2) is 24.3 Å². The van der Waals surface area contributed by atoms with Crippen molar-refractivity contribution < 1.29 is 102 Å². The van der Waals surface area contributed by atoms with E-state index in [4.69, 9.17) is 0 Å². The zero-order chi connectivity index (χ0) is 25.3. The van der Waals surface area contributed by atoms with Gasteiger partial charge in [0.1, 0.15) is 0 Å².